The third-order valence-electron chi connectivity index (χ3n) is 1.30. The number of nitriles is 1. The molecule has 0 aliphatic carbocycles. The zero-order valence-electron chi connectivity index (χ0n) is 7.28. The molecule has 0 aliphatic rings. The van der Waals surface area contributed by atoms with Gasteiger partial charge in [-0.2, -0.15) is 13.7 Å². The van der Waals surface area contributed by atoms with Crippen LogP contribution in [0, 0.1) is 11.3 Å². The Hall–Kier alpha value is -0.960. The summed E-state index contributed by atoms with van der Waals surface area (Å²) in [6.45, 7) is 0. The minimum Gasteiger partial charge on any atom is -0.382 e. The highest BCUT2D eigenvalue weighted by atomic mass is 35.5. The van der Waals surface area contributed by atoms with Crippen molar-refractivity contribution in [2.45, 2.75) is 0 Å². The van der Waals surface area contributed by atoms with Crippen molar-refractivity contribution in [1.82, 2.24) is 0 Å². The first-order chi connectivity index (χ1) is 6.93. The van der Waals surface area contributed by atoms with Gasteiger partial charge in [-0.3, -0.25) is 0 Å². The lowest BCUT2D eigenvalue weighted by molar-refractivity contribution is 0.490. The predicted molar refractivity (Wildman–Crippen MR) is 56.5 cm³/mol. The molecule has 1 rings (SSSR count). The van der Waals surface area contributed by atoms with Gasteiger partial charge in [-0.05, 0) is 6.07 Å². The number of benzene rings is 1. The van der Waals surface area contributed by atoms with E-state index in [-0.39, 0.29) is 15.8 Å². The van der Waals surface area contributed by atoms with Crippen LogP contribution >= 0.6 is 23.2 Å². The first-order valence-electron chi connectivity index (χ1n) is 3.68. The summed E-state index contributed by atoms with van der Waals surface area (Å²) in [5.41, 5.74) is 0. The molecule has 0 aliphatic heterocycles. The lowest BCUT2D eigenvalue weighted by Gasteiger charge is -2.04. The van der Waals surface area contributed by atoms with Crippen LogP contribution in [0.25, 0.3) is 0 Å². The van der Waals surface area contributed by atoms with E-state index in [0.29, 0.717) is 0 Å². The normalized spacial score (nSPS) is 10.7. The van der Waals surface area contributed by atoms with Crippen molar-refractivity contribution in [2.24, 2.45) is 0 Å². The third-order valence-corrected chi connectivity index (χ3v) is 2.67. The van der Waals surface area contributed by atoms with E-state index in [4.69, 9.17) is 28.5 Å². The summed E-state index contributed by atoms with van der Waals surface area (Å²) in [5, 5.41) is 8.74. The van der Waals surface area contributed by atoms with Crippen LogP contribution in [0.1, 0.15) is 0 Å². The van der Waals surface area contributed by atoms with Gasteiger partial charge >= 0.3 is 10.1 Å². The summed E-state index contributed by atoms with van der Waals surface area (Å²) < 4.78 is 26.8. The van der Waals surface area contributed by atoms with Crippen molar-refractivity contribution >= 4 is 33.3 Å². The molecule has 1 aromatic rings. The minimum absolute atomic E-state index is 0.0113. The van der Waals surface area contributed by atoms with E-state index >= 15 is 0 Å². The van der Waals surface area contributed by atoms with Gasteiger partial charge in [-0.15, -0.1) is 0 Å². The summed E-state index contributed by atoms with van der Waals surface area (Å²) >= 11 is 11.3. The van der Waals surface area contributed by atoms with Gasteiger partial charge in [0.05, 0.1) is 6.07 Å². The first-order valence-corrected chi connectivity index (χ1v) is 6.01. The quantitative estimate of drug-likeness (QED) is 0.787. The highest BCUT2D eigenvalue weighted by Crippen LogP contribution is 2.25. The standard InChI is InChI=1S/C8H5Cl2NO3S/c9-6-3-7(10)5-8(4-6)14-15(12,13)2-1-11/h3-5H,2H2. The minimum atomic E-state index is -3.90. The Kier molecular flexibility index (Phi) is 3.80. The number of hydrogen-bond donors (Lipinski definition) is 0. The molecule has 0 fully saturated rings. The smallest absolute Gasteiger partial charge is 0.322 e. The van der Waals surface area contributed by atoms with Crippen molar-refractivity contribution in [3.63, 3.8) is 0 Å². The second-order valence-electron chi connectivity index (χ2n) is 2.55. The molecular weight excluding hydrogens is 261 g/mol. The molecule has 0 atom stereocenters. The summed E-state index contributed by atoms with van der Waals surface area (Å²) in [4.78, 5) is 0. The number of halogens is 2. The van der Waals surface area contributed by atoms with Crippen LogP contribution in [0.3, 0.4) is 0 Å². The Bertz CT molecular complexity index is 487. The number of rotatable bonds is 3. The maximum absolute atomic E-state index is 11.1. The Balaban J connectivity index is 2.96. The molecule has 0 saturated heterocycles. The molecule has 0 spiro atoms. The first kappa shape index (κ1) is 12.1. The maximum Gasteiger partial charge on any atom is 0.322 e. The fourth-order valence-electron chi connectivity index (χ4n) is 0.832. The largest absolute Gasteiger partial charge is 0.382 e. The van der Waals surface area contributed by atoms with Crippen LogP contribution in [0.4, 0.5) is 0 Å². The van der Waals surface area contributed by atoms with Gasteiger partial charge in [-0.1, -0.05) is 23.2 Å². The summed E-state index contributed by atoms with van der Waals surface area (Å²) in [5.74, 6) is -0.736. The fourth-order valence-corrected chi connectivity index (χ4v) is 1.94. The van der Waals surface area contributed by atoms with E-state index in [1.807, 2.05) is 0 Å². The van der Waals surface area contributed by atoms with Crippen LogP contribution < -0.4 is 4.18 Å². The van der Waals surface area contributed by atoms with Crippen molar-refractivity contribution in [3.05, 3.63) is 28.2 Å². The highest BCUT2D eigenvalue weighted by Gasteiger charge is 2.12. The Morgan fingerprint density at radius 3 is 2.27 bits per heavy atom. The molecule has 15 heavy (non-hydrogen) atoms. The molecule has 4 nitrogen and oxygen atoms in total. The topological polar surface area (TPSA) is 67.2 Å². The lowest BCUT2D eigenvalue weighted by Crippen LogP contribution is -2.12. The average Bonchev–Trinajstić information content (AvgIpc) is 1.99. The second-order valence-corrected chi connectivity index (χ2v) is 4.99. The molecule has 0 radical (unpaired) electrons. The fraction of sp³-hybridized carbons (Fsp3) is 0.125. The summed E-state index contributed by atoms with van der Waals surface area (Å²) in [6.07, 6.45) is 0. The molecule has 0 saturated carbocycles. The van der Waals surface area contributed by atoms with Gasteiger partial charge in [-0.25, -0.2) is 0 Å². The molecule has 80 valence electrons. The molecule has 0 unspecified atom stereocenters. The molecule has 0 heterocycles. The molecule has 0 N–H and O–H groups in total. The van der Waals surface area contributed by atoms with E-state index in [9.17, 15) is 8.42 Å². The predicted octanol–water partition coefficient (Wildman–Crippen LogP) is 2.23. The van der Waals surface area contributed by atoms with Crippen LogP contribution in [-0.2, 0) is 10.1 Å². The number of nitrogens with zero attached hydrogens (tertiary/aromatic N) is 1. The Labute approximate surface area is 97.1 Å². The Morgan fingerprint density at radius 2 is 1.80 bits per heavy atom. The van der Waals surface area contributed by atoms with Crippen LogP contribution in [0.15, 0.2) is 18.2 Å². The lowest BCUT2D eigenvalue weighted by atomic mass is 10.3. The molecular formula is C8H5Cl2NO3S. The SMILES string of the molecule is N#CCS(=O)(=O)Oc1cc(Cl)cc(Cl)c1. The molecule has 0 aromatic heterocycles. The van der Waals surface area contributed by atoms with Crippen LogP contribution in [0.5, 0.6) is 5.75 Å². The van der Waals surface area contributed by atoms with Crippen molar-refractivity contribution < 1.29 is 12.6 Å². The van der Waals surface area contributed by atoms with Gasteiger partial charge in [0.15, 0.2) is 5.75 Å². The molecule has 1 aromatic carbocycles. The van der Waals surface area contributed by atoms with Gasteiger partial charge in [0.25, 0.3) is 0 Å². The van der Waals surface area contributed by atoms with Gasteiger partial charge < -0.3 is 4.18 Å². The maximum atomic E-state index is 11.1. The molecule has 7 heteroatoms. The third kappa shape index (κ3) is 3.96. The average molecular weight is 266 g/mol. The second kappa shape index (κ2) is 4.71. The highest BCUT2D eigenvalue weighted by molar-refractivity contribution is 7.87. The zero-order valence-corrected chi connectivity index (χ0v) is 9.60. The van der Waals surface area contributed by atoms with Crippen LogP contribution in [-0.4, -0.2) is 14.2 Å². The molecule has 0 bridgehead atoms. The summed E-state index contributed by atoms with van der Waals surface area (Å²) in [6, 6.07) is 5.50. The van der Waals surface area contributed by atoms with Gasteiger partial charge in [0.1, 0.15) is 5.75 Å². The van der Waals surface area contributed by atoms with E-state index < -0.39 is 15.9 Å². The van der Waals surface area contributed by atoms with E-state index in [1.165, 1.54) is 24.3 Å². The summed E-state index contributed by atoms with van der Waals surface area (Å²) in [7, 11) is -3.90. The zero-order chi connectivity index (χ0) is 11.5. The van der Waals surface area contributed by atoms with Gasteiger partial charge in [0.2, 0.25) is 0 Å². The van der Waals surface area contributed by atoms with Gasteiger partial charge in [0, 0.05) is 22.2 Å². The number of hydrogen-bond acceptors (Lipinski definition) is 4. The van der Waals surface area contributed by atoms with E-state index in [2.05, 4.69) is 4.18 Å². The Morgan fingerprint density at radius 1 is 1.27 bits per heavy atom. The van der Waals surface area contributed by atoms with E-state index in [0.717, 1.165) is 0 Å². The van der Waals surface area contributed by atoms with Crippen molar-refractivity contribution in [3.8, 4) is 11.8 Å². The van der Waals surface area contributed by atoms with E-state index in [1.54, 1.807) is 0 Å². The van der Waals surface area contributed by atoms with Crippen molar-refractivity contribution in [1.29, 1.82) is 5.26 Å². The molecule has 0 amide bonds. The monoisotopic (exact) mass is 265 g/mol. The van der Waals surface area contributed by atoms with Crippen molar-refractivity contribution in [2.75, 3.05) is 5.75 Å². The van der Waals surface area contributed by atoms with Crippen LogP contribution in [0.2, 0.25) is 10.0 Å².